The highest BCUT2D eigenvalue weighted by Crippen LogP contribution is 2.23. The fourth-order valence-corrected chi connectivity index (χ4v) is 2.75. The number of hydrogen-bond donors (Lipinski definition) is 2. The van der Waals surface area contributed by atoms with Gasteiger partial charge in [-0.05, 0) is 36.4 Å². The number of fused-ring (bicyclic) bond motifs is 1. The molecule has 0 bridgehead atoms. The van der Waals surface area contributed by atoms with Crippen LogP contribution < -0.4 is 10.6 Å². The number of hydrogen-bond acceptors (Lipinski definition) is 5. The summed E-state index contributed by atoms with van der Waals surface area (Å²) in [5, 5.41) is 7.59. The summed E-state index contributed by atoms with van der Waals surface area (Å²) in [4.78, 5) is 25.1. The average Bonchev–Trinajstić information content (AvgIpc) is 2.70. The van der Waals surface area contributed by atoms with Gasteiger partial charge in [0.25, 0.3) is 5.91 Å². The van der Waals surface area contributed by atoms with E-state index in [-0.39, 0.29) is 11.6 Å². The number of halogens is 1. The van der Waals surface area contributed by atoms with Gasteiger partial charge in [0, 0.05) is 28.4 Å². The lowest BCUT2D eigenvalue weighted by molar-refractivity contribution is 0.102. The number of rotatable bonds is 4. The van der Waals surface area contributed by atoms with Crippen molar-refractivity contribution in [2.75, 3.05) is 10.6 Å². The number of pyridine rings is 1. The molecule has 0 unspecified atom stereocenters. The van der Waals surface area contributed by atoms with Gasteiger partial charge in [-0.1, -0.05) is 29.8 Å². The minimum absolute atomic E-state index is 0.246. The Morgan fingerprint density at radius 3 is 2.59 bits per heavy atom. The summed E-state index contributed by atoms with van der Waals surface area (Å²) >= 11 is 5.86. The highest BCUT2D eigenvalue weighted by Gasteiger charge is 2.10. The molecule has 27 heavy (non-hydrogen) atoms. The van der Waals surface area contributed by atoms with Gasteiger partial charge in [0.1, 0.15) is 17.8 Å². The van der Waals surface area contributed by atoms with Gasteiger partial charge in [0.05, 0.1) is 11.2 Å². The second-order valence-corrected chi connectivity index (χ2v) is 6.19. The summed E-state index contributed by atoms with van der Waals surface area (Å²) in [5.41, 5.74) is 2.51. The van der Waals surface area contributed by atoms with E-state index in [0.29, 0.717) is 16.5 Å². The standard InChI is InChI=1S/C20H14ClN5O/c21-14-6-8-15(9-7-14)25-20(27)17-11-18(24-12-23-17)26-16-5-1-3-13-4-2-10-22-19(13)16/h1-12H,(H,25,27)(H,23,24,26). The molecule has 0 radical (unpaired) electrons. The molecule has 0 aliphatic rings. The Morgan fingerprint density at radius 1 is 0.926 bits per heavy atom. The zero-order valence-electron chi connectivity index (χ0n) is 14.1. The van der Waals surface area contributed by atoms with E-state index in [1.54, 1.807) is 36.5 Å². The summed E-state index contributed by atoms with van der Waals surface area (Å²) in [7, 11) is 0. The van der Waals surface area contributed by atoms with Gasteiger partial charge in [0.15, 0.2) is 0 Å². The monoisotopic (exact) mass is 375 g/mol. The molecule has 0 atom stereocenters. The van der Waals surface area contributed by atoms with Crippen molar-refractivity contribution < 1.29 is 4.79 Å². The zero-order chi connectivity index (χ0) is 18.6. The average molecular weight is 376 g/mol. The molecule has 132 valence electrons. The lowest BCUT2D eigenvalue weighted by atomic mass is 10.2. The van der Waals surface area contributed by atoms with Crippen LogP contribution in [0.1, 0.15) is 10.5 Å². The number of benzene rings is 2. The van der Waals surface area contributed by atoms with Gasteiger partial charge in [-0.15, -0.1) is 0 Å². The van der Waals surface area contributed by atoms with Crippen LogP contribution in [-0.4, -0.2) is 20.9 Å². The minimum atomic E-state index is -0.334. The Labute approximate surface area is 160 Å². The summed E-state index contributed by atoms with van der Waals surface area (Å²) in [6, 6.07) is 18.1. The largest absolute Gasteiger partial charge is 0.338 e. The van der Waals surface area contributed by atoms with Crippen LogP contribution in [0.2, 0.25) is 5.02 Å². The maximum Gasteiger partial charge on any atom is 0.274 e. The molecule has 4 aromatic rings. The van der Waals surface area contributed by atoms with Gasteiger partial charge in [-0.3, -0.25) is 9.78 Å². The smallest absolute Gasteiger partial charge is 0.274 e. The molecule has 4 rings (SSSR count). The number of carbonyl (C=O) groups excluding carboxylic acids is 1. The summed E-state index contributed by atoms with van der Waals surface area (Å²) in [5.74, 6) is 0.170. The molecule has 0 fully saturated rings. The van der Waals surface area contributed by atoms with Gasteiger partial charge in [-0.2, -0.15) is 0 Å². The molecule has 0 saturated heterocycles. The van der Waals surface area contributed by atoms with E-state index in [1.807, 2.05) is 30.3 Å². The molecular formula is C20H14ClN5O. The van der Waals surface area contributed by atoms with Crippen LogP contribution in [0.25, 0.3) is 10.9 Å². The number of carbonyl (C=O) groups is 1. The van der Waals surface area contributed by atoms with Crippen LogP contribution in [0.3, 0.4) is 0 Å². The molecule has 2 aromatic heterocycles. The molecule has 0 aliphatic heterocycles. The van der Waals surface area contributed by atoms with E-state index >= 15 is 0 Å². The quantitative estimate of drug-likeness (QED) is 0.541. The number of nitrogens with zero attached hydrogens (tertiary/aromatic N) is 3. The Balaban J connectivity index is 1.57. The first kappa shape index (κ1) is 16.9. The van der Waals surface area contributed by atoms with Gasteiger partial charge in [0.2, 0.25) is 0 Å². The molecular weight excluding hydrogens is 362 g/mol. The molecule has 2 N–H and O–H groups in total. The molecule has 2 heterocycles. The first-order valence-electron chi connectivity index (χ1n) is 8.19. The van der Waals surface area contributed by atoms with Crippen molar-refractivity contribution in [3.05, 3.63) is 83.9 Å². The summed E-state index contributed by atoms with van der Waals surface area (Å²) in [6.07, 6.45) is 3.08. The summed E-state index contributed by atoms with van der Waals surface area (Å²) in [6.45, 7) is 0. The molecule has 0 saturated carbocycles. The third-order valence-electron chi connectivity index (χ3n) is 3.90. The van der Waals surface area contributed by atoms with Gasteiger partial charge >= 0.3 is 0 Å². The van der Waals surface area contributed by atoms with E-state index in [1.165, 1.54) is 6.33 Å². The Kier molecular flexibility index (Phi) is 4.63. The lowest BCUT2D eigenvalue weighted by Gasteiger charge is -2.09. The third kappa shape index (κ3) is 3.86. The molecule has 2 aromatic carbocycles. The molecule has 7 heteroatoms. The lowest BCUT2D eigenvalue weighted by Crippen LogP contribution is -2.14. The van der Waals surface area contributed by atoms with Gasteiger partial charge < -0.3 is 10.6 Å². The second-order valence-electron chi connectivity index (χ2n) is 5.76. The van der Waals surface area contributed by atoms with Crippen molar-refractivity contribution in [3.8, 4) is 0 Å². The predicted molar refractivity (Wildman–Crippen MR) is 106 cm³/mol. The third-order valence-corrected chi connectivity index (χ3v) is 4.15. The number of para-hydroxylation sites is 1. The number of amides is 1. The van der Waals surface area contributed by atoms with E-state index < -0.39 is 0 Å². The molecule has 0 spiro atoms. The predicted octanol–water partition coefficient (Wildman–Crippen LogP) is 4.67. The van der Waals surface area contributed by atoms with Crippen molar-refractivity contribution in [2.24, 2.45) is 0 Å². The fraction of sp³-hybridized carbons (Fsp3) is 0. The highest BCUT2D eigenvalue weighted by atomic mass is 35.5. The van der Waals surface area contributed by atoms with Crippen molar-refractivity contribution in [3.63, 3.8) is 0 Å². The van der Waals surface area contributed by atoms with Crippen LogP contribution in [0.15, 0.2) is 73.2 Å². The first-order chi connectivity index (χ1) is 13.2. The Bertz CT molecular complexity index is 1110. The molecule has 6 nitrogen and oxygen atoms in total. The highest BCUT2D eigenvalue weighted by molar-refractivity contribution is 6.30. The summed E-state index contributed by atoms with van der Waals surface area (Å²) < 4.78 is 0. The Morgan fingerprint density at radius 2 is 1.74 bits per heavy atom. The number of anilines is 3. The SMILES string of the molecule is O=C(Nc1ccc(Cl)cc1)c1cc(Nc2cccc3cccnc23)ncn1. The normalized spacial score (nSPS) is 10.6. The number of aromatic nitrogens is 3. The van der Waals surface area contributed by atoms with Crippen LogP contribution in [0.4, 0.5) is 17.2 Å². The topological polar surface area (TPSA) is 79.8 Å². The first-order valence-corrected chi connectivity index (χ1v) is 8.56. The van der Waals surface area contributed by atoms with E-state index in [4.69, 9.17) is 11.6 Å². The second kappa shape index (κ2) is 7.39. The molecule has 1 amide bonds. The zero-order valence-corrected chi connectivity index (χ0v) is 14.8. The van der Waals surface area contributed by atoms with E-state index in [2.05, 4.69) is 25.6 Å². The van der Waals surface area contributed by atoms with Crippen molar-refractivity contribution >= 4 is 45.6 Å². The molecule has 0 aliphatic carbocycles. The fourth-order valence-electron chi connectivity index (χ4n) is 2.62. The van der Waals surface area contributed by atoms with Crippen LogP contribution in [-0.2, 0) is 0 Å². The minimum Gasteiger partial charge on any atom is -0.338 e. The maximum absolute atomic E-state index is 12.4. The van der Waals surface area contributed by atoms with E-state index in [9.17, 15) is 4.79 Å². The van der Waals surface area contributed by atoms with Crippen molar-refractivity contribution in [1.82, 2.24) is 15.0 Å². The maximum atomic E-state index is 12.4. The van der Waals surface area contributed by atoms with Gasteiger partial charge in [-0.25, -0.2) is 9.97 Å². The number of nitrogens with one attached hydrogen (secondary N) is 2. The van der Waals surface area contributed by atoms with Crippen molar-refractivity contribution in [2.45, 2.75) is 0 Å². The Hall–Kier alpha value is -3.51. The van der Waals surface area contributed by atoms with Crippen LogP contribution in [0, 0.1) is 0 Å². The van der Waals surface area contributed by atoms with E-state index in [0.717, 1.165) is 16.6 Å². The van der Waals surface area contributed by atoms with Crippen LogP contribution >= 0.6 is 11.6 Å². The van der Waals surface area contributed by atoms with Crippen LogP contribution in [0.5, 0.6) is 0 Å². The van der Waals surface area contributed by atoms with Crippen molar-refractivity contribution in [1.29, 1.82) is 0 Å².